The molecule has 0 bridgehead atoms. The molecule has 2 fully saturated rings. The highest BCUT2D eigenvalue weighted by molar-refractivity contribution is 5.78. The average Bonchev–Trinajstić information content (AvgIpc) is 2.61. The summed E-state index contributed by atoms with van der Waals surface area (Å²) in [7, 11) is 0. The monoisotopic (exact) mass is 346 g/mol. The Kier molecular flexibility index (Phi) is 5.27. The Morgan fingerprint density at radius 1 is 1.24 bits per heavy atom. The van der Waals surface area contributed by atoms with Crippen molar-refractivity contribution in [3.05, 3.63) is 29.3 Å². The molecule has 6 heteroatoms. The fraction of sp³-hybridized carbons (Fsp3) is 0.579. The van der Waals surface area contributed by atoms with Crippen LogP contribution in [0, 0.1) is 13.8 Å². The van der Waals surface area contributed by atoms with Gasteiger partial charge in [0.2, 0.25) is 5.91 Å². The predicted molar refractivity (Wildman–Crippen MR) is 93.5 cm³/mol. The molecule has 0 radical (unpaired) electrons. The standard InChI is InChI=1S/C19H26N2O4/c1-13-4-5-16(10-14(13)2)25-12-19(23)20-7-6-18-17(11-20)21(15(3)22)8-9-24-18/h4-5,10,17-18H,6-9,11-12H2,1-3H3. The zero-order chi connectivity index (χ0) is 18.0. The molecule has 1 aromatic carbocycles. The van der Waals surface area contributed by atoms with Gasteiger partial charge in [-0.3, -0.25) is 9.59 Å². The van der Waals surface area contributed by atoms with Gasteiger partial charge in [0.1, 0.15) is 5.75 Å². The van der Waals surface area contributed by atoms with Gasteiger partial charge in [0.15, 0.2) is 6.61 Å². The number of aryl methyl sites for hydroxylation is 2. The maximum absolute atomic E-state index is 12.5. The van der Waals surface area contributed by atoms with Crippen LogP contribution < -0.4 is 4.74 Å². The van der Waals surface area contributed by atoms with E-state index in [1.54, 1.807) is 11.8 Å². The molecule has 2 amide bonds. The number of hydrogen-bond acceptors (Lipinski definition) is 4. The predicted octanol–water partition coefficient (Wildman–Crippen LogP) is 1.53. The number of fused-ring (bicyclic) bond motifs is 1. The van der Waals surface area contributed by atoms with Crippen LogP contribution in [0.1, 0.15) is 24.5 Å². The molecule has 136 valence electrons. The summed E-state index contributed by atoms with van der Waals surface area (Å²) in [4.78, 5) is 28.0. The lowest BCUT2D eigenvalue weighted by molar-refractivity contribution is -0.156. The summed E-state index contributed by atoms with van der Waals surface area (Å²) in [5.41, 5.74) is 2.34. The van der Waals surface area contributed by atoms with Gasteiger partial charge in [-0.1, -0.05) is 6.07 Å². The molecule has 2 saturated heterocycles. The van der Waals surface area contributed by atoms with Crippen molar-refractivity contribution in [1.82, 2.24) is 9.80 Å². The van der Waals surface area contributed by atoms with Gasteiger partial charge < -0.3 is 19.3 Å². The summed E-state index contributed by atoms with van der Waals surface area (Å²) < 4.78 is 11.4. The van der Waals surface area contributed by atoms with Crippen molar-refractivity contribution in [2.75, 3.05) is 32.8 Å². The maximum atomic E-state index is 12.5. The Labute approximate surface area is 148 Å². The number of ether oxygens (including phenoxy) is 2. The molecule has 0 N–H and O–H groups in total. The Morgan fingerprint density at radius 2 is 2.04 bits per heavy atom. The highest BCUT2D eigenvalue weighted by Crippen LogP contribution is 2.23. The normalized spacial score (nSPS) is 23.2. The molecule has 2 unspecified atom stereocenters. The molecule has 2 atom stereocenters. The second kappa shape index (κ2) is 7.44. The first kappa shape index (κ1) is 17.7. The minimum absolute atomic E-state index is 0.0147. The van der Waals surface area contributed by atoms with E-state index in [1.807, 2.05) is 36.9 Å². The van der Waals surface area contributed by atoms with E-state index in [9.17, 15) is 9.59 Å². The highest BCUT2D eigenvalue weighted by atomic mass is 16.5. The molecule has 2 aliphatic rings. The number of carbonyl (C=O) groups excluding carboxylic acids is 2. The minimum atomic E-state index is -0.0504. The SMILES string of the molecule is CC(=O)N1CCOC2CCN(C(=O)COc3ccc(C)c(C)c3)CC21. The Balaban J connectivity index is 1.59. The summed E-state index contributed by atoms with van der Waals surface area (Å²) in [6, 6.07) is 5.77. The molecule has 0 aromatic heterocycles. The first-order valence-electron chi connectivity index (χ1n) is 8.82. The molecule has 0 aliphatic carbocycles. The number of likely N-dealkylation sites (tertiary alicyclic amines) is 1. The summed E-state index contributed by atoms with van der Waals surface area (Å²) in [6.45, 7) is 7.98. The van der Waals surface area contributed by atoms with Crippen LogP contribution in [0.15, 0.2) is 18.2 Å². The fourth-order valence-corrected chi connectivity index (χ4v) is 3.53. The minimum Gasteiger partial charge on any atom is -0.484 e. The van der Waals surface area contributed by atoms with Crippen LogP contribution in [0.25, 0.3) is 0 Å². The van der Waals surface area contributed by atoms with E-state index in [4.69, 9.17) is 9.47 Å². The highest BCUT2D eigenvalue weighted by Gasteiger charge is 2.39. The van der Waals surface area contributed by atoms with Gasteiger partial charge in [0.05, 0.1) is 18.8 Å². The third-order valence-electron chi connectivity index (χ3n) is 5.18. The second-order valence-corrected chi connectivity index (χ2v) is 6.85. The molecular formula is C19H26N2O4. The second-order valence-electron chi connectivity index (χ2n) is 6.85. The van der Waals surface area contributed by atoms with Gasteiger partial charge in [-0.15, -0.1) is 0 Å². The Morgan fingerprint density at radius 3 is 2.76 bits per heavy atom. The van der Waals surface area contributed by atoms with E-state index in [0.717, 1.165) is 12.0 Å². The zero-order valence-electron chi connectivity index (χ0n) is 15.2. The summed E-state index contributed by atoms with van der Waals surface area (Å²) in [5, 5.41) is 0. The number of nitrogens with zero attached hydrogens (tertiary/aromatic N) is 2. The first-order valence-corrected chi connectivity index (χ1v) is 8.82. The van der Waals surface area contributed by atoms with Crippen LogP contribution in [0.4, 0.5) is 0 Å². The number of rotatable bonds is 3. The first-order chi connectivity index (χ1) is 12.0. The lowest BCUT2D eigenvalue weighted by Gasteiger charge is -2.46. The van der Waals surface area contributed by atoms with Crippen LogP contribution in [0.3, 0.4) is 0 Å². The molecule has 6 nitrogen and oxygen atoms in total. The average molecular weight is 346 g/mol. The van der Waals surface area contributed by atoms with Crippen LogP contribution in [0.5, 0.6) is 5.75 Å². The number of hydrogen-bond donors (Lipinski definition) is 0. The number of benzene rings is 1. The van der Waals surface area contributed by atoms with E-state index < -0.39 is 0 Å². The topological polar surface area (TPSA) is 59.1 Å². The quantitative estimate of drug-likeness (QED) is 0.833. The number of morpholine rings is 1. The molecule has 0 saturated carbocycles. The number of piperidine rings is 1. The van der Waals surface area contributed by atoms with Crippen LogP contribution in [-0.4, -0.2) is 66.6 Å². The van der Waals surface area contributed by atoms with Crippen molar-refractivity contribution >= 4 is 11.8 Å². The van der Waals surface area contributed by atoms with Gasteiger partial charge in [-0.25, -0.2) is 0 Å². The van der Waals surface area contributed by atoms with Crippen LogP contribution in [0.2, 0.25) is 0 Å². The van der Waals surface area contributed by atoms with Crippen LogP contribution >= 0.6 is 0 Å². The maximum Gasteiger partial charge on any atom is 0.260 e. The summed E-state index contributed by atoms with van der Waals surface area (Å²) in [5.74, 6) is 0.697. The summed E-state index contributed by atoms with van der Waals surface area (Å²) in [6.07, 6.45) is 0.784. The number of amides is 2. The van der Waals surface area contributed by atoms with Crippen molar-refractivity contribution in [3.63, 3.8) is 0 Å². The van der Waals surface area contributed by atoms with E-state index >= 15 is 0 Å². The van der Waals surface area contributed by atoms with Gasteiger partial charge in [0, 0.05) is 26.6 Å². The Hall–Kier alpha value is -2.08. The number of carbonyl (C=O) groups is 2. The van der Waals surface area contributed by atoms with Crippen molar-refractivity contribution in [3.8, 4) is 5.75 Å². The molecule has 2 heterocycles. The lowest BCUT2D eigenvalue weighted by Crippen LogP contribution is -2.62. The van der Waals surface area contributed by atoms with E-state index in [-0.39, 0.29) is 30.6 Å². The zero-order valence-corrected chi connectivity index (χ0v) is 15.2. The third-order valence-corrected chi connectivity index (χ3v) is 5.18. The van der Waals surface area contributed by atoms with E-state index in [1.165, 1.54) is 5.56 Å². The largest absolute Gasteiger partial charge is 0.484 e. The molecule has 1 aromatic rings. The summed E-state index contributed by atoms with van der Waals surface area (Å²) >= 11 is 0. The van der Waals surface area contributed by atoms with E-state index in [2.05, 4.69) is 0 Å². The van der Waals surface area contributed by atoms with Crippen molar-refractivity contribution in [1.29, 1.82) is 0 Å². The van der Waals surface area contributed by atoms with Gasteiger partial charge >= 0.3 is 0 Å². The van der Waals surface area contributed by atoms with Gasteiger partial charge in [-0.2, -0.15) is 0 Å². The molecule has 3 rings (SSSR count). The van der Waals surface area contributed by atoms with Crippen molar-refractivity contribution in [2.24, 2.45) is 0 Å². The molecular weight excluding hydrogens is 320 g/mol. The lowest BCUT2D eigenvalue weighted by atomic mass is 9.98. The molecule has 2 aliphatic heterocycles. The van der Waals surface area contributed by atoms with Crippen molar-refractivity contribution < 1.29 is 19.1 Å². The molecule has 25 heavy (non-hydrogen) atoms. The smallest absolute Gasteiger partial charge is 0.260 e. The fourth-order valence-electron chi connectivity index (χ4n) is 3.53. The van der Waals surface area contributed by atoms with Crippen LogP contribution in [-0.2, 0) is 14.3 Å². The van der Waals surface area contributed by atoms with Gasteiger partial charge in [0.25, 0.3) is 5.91 Å². The van der Waals surface area contributed by atoms with Gasteiger partial charge in [-0.05, 0) is 43.5 Å². The Bertz CT molecular complexity index is 661. The van der Waals surface area contributed by atoms with E-state index in [0.29, 0.717) is 32.0 Å². The third kappa shape index (κ3) is 3.95. The molecule has 0 spiro atoms. The van der Waals surface area contributed by atoms with Crippen molar-refractivity contribution in [2.45, 2.75) is 39.3 Å².